The van der Waals surface area contributed by atoms with E-state index in [1.54, 1.807) is 43.5 Å². The average Bonchev–Trinajstić information content (AvgIpc) is 2.98. The number of hydrogen-bond donors (Lipinski definition) is 1. The Labute approximate surface area is 183 Å². The summed E-state index contributed by atoms with van der Waals surface area (Å²) in [6, 6.07) is 21.9. The average molecular weight is 463 g/mol. The predicted octanol–water partition coefficient (Wildman–Crippen LogP) is 5.16. The highest BCUT2D eigenvalue weighted by Gasteiger charge is 2.40. The molecule has 0 unspecified atom stereocenters. The fourth-order valence-corrected chi connectivity index (χ4v) is 3.71. The molecule has 0 spiro atoms. The van der Waals surface area contributed by atoms with Gasteiger partial charge in [0.1, 0.15) is 11.4 Å². The summed E-state index contributed by atoms with van der Waals surface area (Å²) >= 11 is 3.44. The van der Waals surface area contributed by atoms with Crippen LogP contribution in [0.15, 0.2) is 83.0 Å². The van der Waals surface area contributed by atoms with E-state index in [4.69, 9.17) is 4.74 Å². The Morgan fingerprint density at radius 3 is 2.23 bits per heavy atom. The monoisotopic (exact) mass is 462 g/mol. The van der Waals surface area contributed by atoms with Crippen LogP contribution in [0.4, 0.5) is 11.4 Å². The molecule has 0 fully saturated rings. The van der Waals surface area contributed by atoms with Gasteiger partial charge in [0, 0.05) is 10.2 Å². The van der Waals surface area contributed by atoms with Crippen LogP contribution in [-0.2, 0) is 9.59 Å². The normalized spacial score (nSPS) is 13.8. The topological polar surface area (TPSA) is 58.6 Å². The molecule has 0 aliphatic carbocycles. The molecule has 1 N–H and O–H groups in total. The van der Waals surface area contributed by atoms with Crippen LogP contribution < -0.4 is 15.0 Å². The van der Waals surface area contributed by atoms with E-state index < -0.39 is 5.91 Å². The fraction of sp³-hybridized carbons (Fsp3) is 0.0833. The molecular formula is C24H19BrN2O3. The fourth-order valence-electron chi connectivity index (χ4n) is 3.31. The second-order valence-electron chi connectivity index (χ2n) is 6.90. The van der Waals surface area contributed by atoms with Crippen molar-refractivity contribution in [3.05, 3.63) is 94.1 Å². The van der Waals surface area contributed by atoms with Crippen molar-refractivity contribution >= 4 is 44.7 Å². The summed E-state index contributed by atoms with van der Waals surface area (Å²) in [5.74, 6) is -0.0887. The number of hydrogen-bond acceptors (Lipinski definition) is 4. The molecule has 4 rings (SSSR count). The minimum atomic E-state index is -0.394. The van der Waals surface area contributed by atoms with Crippen LogP contribution in [0.5, 0.6) is 5.75 Å². The quantitative estimate of drug-likeness (QED) is 0.531. The Hall–Kier alpha value is -3.38. The van der Waals surface area contributed by atoms with E-state index >= 15 is 0 Å². The number of benzene rings is 3. The molecule has 0 radical (unpaired) electrons. The summed E-state index contributed by atoms with van der Waals surface area (Å²) < 4.78 is 6.08. The first-order valence-corrected chi connectivity index (χ1v) is 10.1. The van der Waals surface area contributed by atoms with Crippen molar-refractivity contribution < 1.29 is 14.3 Å². The number of nitrogens with one attached hydrogen (secondary N) is 1. The van der Waals surface area contributed by atoms with Crippen molar-refractivity contribution in [1.82, 2.24) is 0 Å². The predicted molar refractivity (Wildman–Crippen MR) is 121 cm³/mol. The molecule has 150 valence electrons. The van der Waals surface area contributed by atoms with E-state index in [-0.39, 0.29) is 11.6 Å². The lowest BCUT2D eigenvalue weighted by molar-refractivity contribution is -0.120. The number of aryl methyl sites for hydroxylation is 1. The van der Waals surface area contributed by atoms with Gasteiger partial charge in [-0.05, 0) is 55.0 Å². The summed E-state index contributed by atoms with van der Waals surface area (Å²) in [6.07, 6.45) is 0. The van der Waals surface area contributed by atoms with Crippen LogP contribution in [0, 0.1) is 6.92 Å². The zero-order chi connectivity index (χ0) is 21.3. The van der Waals surface area contributed by atoms with Crippen molar-refractivity contribution in [2.45, 2.75) is 6.92 Å². The van der Waals surface area contributed by atoms with E-state index in [1.807, 2.05) is 43.3 Å². The maximum atomic E-state index is 13.4. The summed E-state index contributed by atoms with van der Waals surface area (Å²) in [6.45, 7) is 1.96. The highest BCUT2D eigenvalue weighted by atomic mass is 79.9. The van der Waals surface area contributed by atoms with E-state index in [0.717, 1.165) is 10.0 Å². The summed E-state index contributed by atoms with van der Waals surface area (Å²) in [5.41, 5.74) is 3.49. The molecule has 1 aliphatic rings. The lowest BCUT2D eigenvalue weighted by Crippen LogP contribution is -2.32. The van der Waals surface area contributed by atoms with E-state index in [1.165, 1.54) is 4.90 Å². The number of anilines is 2. The summed E-state index contributed by atoms with van der Waals surface area (Å²) in [5, 5.41) is 3.16. The number of carbonyl (C=O) groups excluding carboxylic acids is 2. The molecule has 0 saturated carbocycles. The van der Waals surface area contributed by atoms with Gasteiger partial charge in [-0.25, -0.2) is 4.90 Å². The summed E-state index contributed by atoms with van der Waals surface area (Å²) in [4.78, 5) is 27.9. The molecule has 1 aliphatic heterocycles. The third-order valence-corrected chi connectivity index (χ3v) is 5.34. The van der Waals surface area contributed by atoms with Crippen molar-refractivity contribution in [3.8, 4) is 5.75 Å². The molecule has 6 heteroatoms. The van der Waals surface area contributed by atoms with Gasteiger partial charge in [-0.1, -0.05) is 51.8 Å². The number of imide groups is 1. The highest BCUT2D eigenvalue weighted by molar-refractivity contribution is 9.10. The van der Waals surface area contributed by atoms with Crippen LogP contribution in [-0.4, -0.2) is 18.9 Å². The molecule has 1 heterocycles. The number of amides is 2. The maximum absolute atomic E-state index is 13.4. The molecule has 5 nitrogen and oxygen atoms in total. The van der Waals surface area contributed by atoms with Gasteiger partial charge in [0.05, 0.1) is 18.4 Å². The van der Waals surface area contributed by atoms with Gasteiger partial charge in [0.15, 0.2) is 0 Å². The van der Waals surface area contributed by atoms with Gasteiger partial charge in [0.2, 0.25) is 0 Å². The van der Waals surface area contributed by atoms with Gasteiger partial charge in [0.25, 0.3) is 11.8 Å². The minimum absolute atomic E-state index is 0.240. The molecular weight excluding hydrogens is 444 g/mol. The number of methoxy groups -OCH3 is 1. The van der Waals surface area contributed by atoms with Crippen molar-refractivity contribution in [2.24, 2.45) is 0 Å². The second-order valence-corrected chi connectivity index (χ2v) is 7.81. The Kier molecular flexibility index (Phi) is 5.42. The molecule has 3 aromatic rings. The standard InChI is InChI=1S/C24H19BrN2O3/c1-15-6-10-19(11-7-15)27-23(28)21(16-8-12-20(30-2)13-9-16)22(24(27)29)26-18-5-3-4-17(25)14-18/h3-14,26H,1-2H3. The van der Waals surface area contributed by atoms with E-state index in [0.29, 0.717) is 28.3 Å². The molecule has 0 bridgehead atoms. The number of nitrogens with zero attached hydrogens (tertiary/aromatic N) is 1. The highest BCUT2D eigenvalue weighted by Crippen LogP contribution is 2.34. The first kappa shape index (κ1) is 19.9. The van der Waals surface area contributed by atoms with Gasteiger partial charge >= 0.3 is 0 Å². The number of ether oxygens (including phenoxy) is 1. The second kappa shape index (κ2) is 8.16. The molecule has 0 atom stereocenters. The van der Waals surface area contributed by atoms with Crippen molar-refractivity contribution in [3.63, 3.8) is 0 Å². The third kappa shape index (κ3) is 3.74. The van der Waals surface area contributed by atoms with Crippen LogP contribution >= 0.6 is 15.9 Å². The zero-order valence-electron chi connectivity index (χ0n) is 16.5. The molecule has 30 heavy (non-hydrogen) atoms. The Bertz CT molecular complexity index is 1150. The smallest absolute Gasteiger partial charge is 0.282 e. The largest absolute Gasteiger partial charge is 0.497 e. The van der Waals surface area contributed by atoms with Crippen LogP contribution in [0.25, 0.3) is 5.57 Å². The zero-order valence-corrected chi connectivity index (χ0v) is 18.1. The lowest BCUT2D eigenvalue weighted by atomic mass is 10.0. The maximum Gasteiger partial charge on any atom is 0.282 e. The number of halogens is 1. The third-order valence-electron chi connectivity index (χ3n) is 4.85. The van der Waals surface area contributed by atoms with E-state index in [9.17, 15) is 9.59 Å². The first-order chi connectivity index (χ1) is 14.5. The first-order valence-electron chi connectivity index (χ1n) is 9.34. The van der Waals surface area contributed by atoms with Gasteiger partial charge in [-0.2, -0.15) is 0 Å². The number of carbonyl (C=O) groups is 2. The van der Waals surface area contributed by atoms with Crippen molar-refractivity contribution in [1.29, 1.82) is 0 Å². The van der Waals surface area contributed by atoms with Crippen LogP contribution in [0.3, 0.4) is 0 Å². The number of rotatable bonds is 5. The van der Waals surface area contributed by atoms with Crippen LogP contribution in [0.2, 0.25) is 0 Å². The molecule has 0 saturated heterocycles. The Morgan fingerprint density at radius 1 is 0.900 bits per heavy atom. The molecule has 2 amide bonds. The van der Waals surface area contributed by atoms with Gasteiger partial charge in [-0.3, -0.25) is 9.59 Å². The van der Waals surface area contributed by atoms with Crippen LogP contribution in [0.1, 0.15) is 11.1 Å². The minimum Gasteiger partial charge on any atom is -0.497 e. The Morgan fingerprint density at radius 2 is 1.60 bits per heavy atom. The lowest BCUT2D eigenvalue weighted by Gasteiger charge is -2.15. The van der Waals surface area contributed by atoms with Gasteiger partial charge in [-0.15, -0.1) is 0 Å². The molecule has 0 aromatic heterocycles. The molecule has 3 aromatic carbocycles. The van der Waals surface area contributed by atoms with Crippen molar-refractivity contribution in [2.75, 3.05) is 17.3 Å². The SMILES string of the molecule is COc1ccc(C2=C(Nc3cccc(Br)c3)C(=O)N(c3ccc(C)cc3)C2=O)cc1. The Balaban J connectivity index is 1.81. The van der Waals surface area contributed by atoms with Gasteiger partial charge < -0.3 is 10.1 Å². The summed E-state index contributed by atoms with van der Waals surface area (Å²) in [7, 11) is 1.58. The van der Waals surface area contributed by atoms with E-state index in [2.05, 4.69) is 21.2 Å².